The smallest absolute Gasteiger partial charge is 0.316 e. The van der Waals surface area contributed by atoms with Crippen molar-refractivity contribution in [1.29, 1.82) is 0 Å². The van der Waals surface area contributed by atoms with Crippen LogP contribution in [0, 0.1) is 6.92 Å². The van der Waals surface area contributed by atoms with E-state index in [-0.39, 0.29) is 16.5 Å². The standard InChI is InChI=1S/C19H17Cl2N3O3/c1-11-6-16(25)14(21)8-15(11)22-19-23-18(26)17(27-2)10-24(19)9-12-4-3-5-13(20)7-12/h3-8,10,25H,9H2,1-2H3,(H,22,23,26). The molecule has 3 aromatic rings. The summed E-state index contributed by atoms with van der Waals surface area (Å²) in [5.41, 5.74) is 1.80. The van der Waals surface area contributed by atoms with Crippen LogP contribution in [0.5, 0.6) is 11.5 Å². The van der Waals surface area contributed by atoms with Gasteiger partial charge in [-0.2, -0.15) is 4.98 Å². The Hall–Kier alpha value is -2.70. The molecule has 140 valence electrons. The second-order valence-corrected chi connectivity index (χ2v) is 6.78. The molecule has 0 unspecified atom stereocenters. The molecule has 6 nitrogen and oxygen atoms in total. The van der Waals surface area contributed by atoms with Gasteiger partial charge >= 0.3 is 5.56 Å². The van der Waals surface area contributed by atoms with Crippen molar-refractivity contribution < 1.29 is 9.84 Å². The molecule has 27 heavy (non-hydrogen) atoms. The number of ether oxygens (including phenoxy) is 1. The van der Waals surface area contributed by atoms with Gasteiger partial charge in [-0.05, 0) is 42.3 Å². The average Bonchev–Trinajstić information content (AvgIpc) is 2.61. The average molecular weight is 406 g/mol. The number of aromatic nitrogens is 2. The Morgan fingerprint density at radius 3 is 2.74 bits per heavy atom. The number of hydrogen-bond donors (Lipinski definition) is 2. The Morgan fingerprint density at radius 2 is 2.04 bits per heavy atom. The van der Waals surface area contributed by atoms with Crippen molar-refractivity contribution in [1.82, 2.24) is 9.55 Å². The van der Waals surface area contributed by atoms with Crippen molar-refractivity contribution in [3.05, 3.63) is 74.1 Å². The van der Waals surface area contributed by atoms with Gasteiger partial charge in [0.25, 0.3) is 0 Å². The van der Waals surface area contributed by atoms with Crippen LogP contribution in [-0.4, -0.2) is 21.8 Å². The fourth-order valence-corrected chi connectivity index (χ4v) is 2.96. The summed E-state index contributed by atoms with van der Waals surface area (Å²) in [4.78, 5) is 16.2. The van der Waals surface area contributed by atoms with Crippen LogP contribution in [0.3, 0.4) is 0 Å². The van der Waals surface area contributed by atoms with Gasteiger partial charge < -0.3 is 19.7 Å². The van der Waals surface area contributed by atoms with Crippen molar-refractivity contribution in [2.45, 2.75) is 13.5 Å². The van der Waals surface area contributed by atoms with Crippen molar-refractivity contribution in [3.63, 3.8) is 0 Å². The van der Waals surface area contributed by atoms with E-state index in [4.69, 9.17) is 27.9 Å². The maximum absolute atomic E-state index is 12.1. The molecule has 8 heteroatoms. The van der Waals surface area contributed by atoms with Crippen LogP contribution >= 0.6 is 23.2 Å². The normalized spacial score (nSPS) is 10.7. The summed E-state index contributed by atoms with van der Waals surface area (Å²) in [6.45, 7) is 2.22. The van der Waals surface area contributed by atoms with Crippen molar-refractivity contribution in [2.75, 3.05) is 12.4 Å². The second kappa shape index (κ2) is 7.90. The first-order valence-corrected chi connectivity index (χ1v) is 8.79. The summed E-state index contributed by atoms with van der Waals surface area (Å²) in [6.07, 6.45) is 1.58. The summed E-state index contributed by atoms with van der Waals surface area (Å²) in [6, 6.07) is 10.5. The lowest BCUT2D eigenvalue weighted by Gasteiger charge is -2.17. The Morgan fingerprint density at radius 1 is 1.26 bits per heavy atom. The van der Waals surface area contributed by atoms with Gasteiger partial charge in [-0.25, -0.2) is 0 Å². The zero-order valence-electron chi connectivity index (χ0n) is 14.7. The second-order valence-electron chi connectivity index (χ2n) is 5.94. The molecule has 0 saturated heterocycles. The fraction of sp³-hybridized carbons (Fsp3) is 0.158. The van der Waals surface area contributed by atoms with Gasteiger partial charge in [0, 0.05) is 10.7 Å². The zero-order valence-corrected chi connectivity index (χ0v) is 16.2. The third-order valence-corrected chi connectivity index (χ3v) is 4.50. The first-order chi connectivity index (χ1) is 12.9. The fourth-order valence-electron chi connectivity index (χ4n) is 2.59. The minimum absolute atomic E-state index is 0.0151. The Kier molecular flexibility index (Phi) is 5.58. The maximum Gasteiger partial charge on any atom is 0.316 e. The molecular weight excluding hydrogens is 389 g/mol. The molecule has 0 aliphatic rings. The van der Waals surface area contributed by atoms with Crippen LogP contribution < -0.4 is 15.6 Å². The molecule has 0 amide bonds. The Bertz CT molecular complexity index is 1050. The SMILES string of the molecule is COc1cn(Cc2cccc(Cl)c2)c(Nc2cc(Cl)c(O)cc2C)nc1=O. The minimum Gasteiger partial charge on any atom is -0.506 e. The number of methoxy groups -OCH3 is 1. The lowest BCUT2D eigenvalue weighted by molar-refractivity contribution is 0.402. The molecule has 3 rings (SSSR count). The van der Waals surface area contributed by atoms with E-state index in [0.29, 0.717) is 23.2 Å². The van der Waals surface area contributed by atoms with Crippen LogP contribution in [0.1, 0.15) is 11.1 Å². The number of aromatic hydroxyl groups is 1. The molecule has 2 N–H and O–H groups in total. The molecule has 0 atom stereocenters. The summed E-state index contributed by atoms with van der Waals surface area (Å²) in [7, 11) is 1.42. The molecule has 0 radical (unpaired) electrons. The number of rotatable bonds is 5. The first-order valence-electron chi connectivity index (χ1n) is 8.03. The number of phenolic OH excluding ortho intramolecular Hbond substituents is 1. The number of hydrogen-bond acceptors (Lipinski definition) is 5. The van der Waals surface area contributed by atoms with Gasteiger partial charge in [0.2, 0.25) is 11.7 Å². The summed E-state index contributed by atoms with van der Waals surface area (Å²) >= 11 is 12.1. The summed E-state index contributed by atoms with van der Waals surface area (Å²) in [5, 5.41) is 13.6. The zero-order chi connectivity index (χ0) is 19.6. The topological polar surface area (TPSA) is 76.4 Å². The number of anilines is 2. The Labute approximate surface area is 166 Å². The molecule has 0 bridgehead atoms. The quantitative estimate of drug-likeness (QED) is 0.616. The number of phenols is 1. The van der Waals surface area contributed by atoms with Gasteiger partial charge in [-0.15, -0.1) is 0 Å². The van der Waals surface area contributed by atoms with Crippen molar-refractivity contribution in [3.8, 4) is 11.5 Å². The van der Waals surface area contributed by atoms with E-state index < -0.39 is 5.56 Å². The number of halogens is 2. The third kappa shape index (κ3) is 4.35. The number of aryl methyl sites for hydroxylation is 1. The summed E-state index contributed by atoms with van der Waals surface area (Å²) in [5.74, 6) is 0.424. The van der Waals surface area contributed by atoms with Crippen LogP contribution in [0.15, 0.2) is 47.4 Å². The third-order valence-electron chi connectivity index (χ3n) is 3.97. The van der Waals surface area contributed by atoms with Crippen LogP contribution in [0.2, 0.25) is 10.0 Å². The number of nitrogens with one attached hydrogen (secondary N) is 1. The predicted octanol–water partition coefficient (Wildman–Crippen LogP) is 4.36. The van der Waals surface area contributed by atoms with E-state index in [1.807, 2.05) is 18.2 Å². The van der Waals surface area contributed by atoms with E-state index in [0.717, 1.165) is 11.1 Å². The van der Waals surface area contributed by atoms with E-state index in [1.54, 1.807) is 29.8 Å². The number of nitrogens with zero attached hydrogens (tertiary/aromatic N) is 2. The minimum atomic E-state index is -0.495. The number of benzene rings is 2. The van der Waals surface area contributed by atoms with Crippen molar-refractivity contribution >= 4 is 34.8 Å². The summed E-state index contributed by atoms with van der Waals surface area (Å²) < 4.78 is 6.85. The maximum atomic E-state index is 12.1. The van der Waals surface area contributed by atoms with Crippen molar-refractivity contribution in [2.24, 2.45) is 0 Å². The lowest BCUT2D eigenvalue weighted by atomic mass is 10.2. The van der Waals surface area contributed by atoms with Gasteiger partial charge in [0.1, 0.15) is 5.75 Å². The highest BCUT2D eigenvalue weighted by atomic mass is 35.5. The van der Waals surface area contributed by atoms with Gasteiger partial charge in [-0.1, -0.05) is 35.3 Å². The van der Waals surface area contributed by atoms with Gasteiger partial charge in [0.15, 0.2) is 0 Å². The van der Waals surface area contributed by atoms with Gasteiger partial charge in [0.05, 0.1) is 24.9 Å². The molecule has 1 heterocycles. The predicted molar refractivity (Wildman–Crippen MR) is 107 cm³/mol. The van der Waals surface area contributed by atoms with Crippen LogP contribution in [0.25, 0.3) is 0 Å². The molecule has 0 aliphatic heterocycles. The monoisotopic (exact) mass is 405 g/mol. The molecule has 0 aliphatic carbocycles. The molecule has 0 spiro atoms. The first kappa shape index (κ1) is 19.1. The highest BCUT2D eigenvalue weighted by Gasteiger charge is 2.12. The van der Waals surface area contributed by atoms with Crippen LogP contribution in [-0.2, 0) is 6.54 Å². The van der Waals surface area contributed by atoms with E-state index in [9.17, 15) is 9.90 Å². The van der Waals surface area contributed by atoms with Crippen LogP contribution in [0.4, 0.5) is 11.6 Å². The van der Waals surface area contributed by atoms with E-state index in [2.05, 4.69) is 10.3 Å². The highest BCUT2D eigenvalue weighted by Crippen LogP contribution is 2.31. The molecular formula is C19H17Cl2N3O3. The molecule has 2 aromatic carbocycles. The molecule has 0 saturated carbocycles. The molecule has 0 fully saturated rings. The van der Waals surface area contributed by atoms with Gasteiger partial charge in [-0.3, -0.25) is 4.79 Å². The highest BCUT2D eigenvalue weighted by molar-refractivity contribution is 6.32. The lowest BCUT2D eigenvalue weighted by Crippen LogP contribution is -2.19. The van der Waals surface area contributed by atoms with E-state index >= 15 is 0 Å². The largest absolute Gasteiger partial charge is 0.506 e. The van der Waals surface area contributed by atoms with E-state index in [1.165, 1.54) is 13.2 Å². The molecule has 1 aromatic heterocycles. The Balaban J connectivity index is 2.04.